The quantitative estimate of drug-likeness (QED) is 0.316. The zero-order valence-electron chi connectivity index (χ0n) is 20.5. The second-order valence-corrected chi connectivity index (χ2v) is 8.77. The summed E-state index contributed by atoms with van der Waals surface area (Å²) in [5, 5.41) is 5.12. The number of rotatable bonds is 6. The summed E-state index contributed by atoms with van der Waals surface area (Å²) >= 11 is 0. The molecule has 6 aromatic rings. The van der Waals surface area contributed by atoms with Gasteiger partial charge in [-0.05, 0) is 48.7 Å². The molecule has 0 aliphatic heterocycles. The lowest BCUT2D eigenvalue weighted by Gasteiger charge is -2.10. The maximum Gasteiger partial charge on any atom is 0.265 e. The topological polar surface area (TPSA) is 87.2 Å². The third-order valence-electron chi connectivity index (χ3n) is 6.41. The number of hydrogen-bond acceptors (Lipinski definition) is 6. The number of benzene rings is 3. The first kappa shape index (κ1) is 22.6. The molecule has 0 aliphatic rings. The number of para-hydroxylation sites is 2. The van der Waals surface area contributed by atoms with Crippen LogP contribution in [0.15, 0.2) is 88.8 Å². The summed E-state index contributed by atoms with van der Waals surface area (Å²) in [4.78, 5) is 28.4. The first-order valence-electron chi connectivity index (χ1n) is 12.0. The lowest BCUT2D eigenvalue weighted by molar-refractivity contribution is 0.415. The van der Waals surface area contributed by atoms with Crippen molar-refractivity contribution in [1.29, 1.82) is 0 Å². The van der Waals surface area contributed by atoms with Gasteiger partial charge in [0, 0.05) is 6.54 Å². The normalized spacial score (nSPS) is 11.7. The van der Waals surface area contributed by atoms with Gasteiger partial charge in [0.05, 0.1) is 24.4 Å². The largest absolute Gasteiger partial charge is 0.497 e. The highest BCUT2D eigenvalue weighted by molar-refractivity contribution is 6.05. The van der Waals surface area contributed by atoms with Gasteiger partial charge in [0.25, 0.3) is 5.56 Å². The first-order valence-corrected chi connectivity index (χ1v) is 12.0. The Kier molecular flexibility index (Phi) is 5.69. The van der Waals surface area contributed by atoms with Crippen LogP contribution >= 0.6 is 0 Å². The van der Waals surface area contributed by atoms with Gasteiger partial charge in [0.2, 0.25) is 0 Å². The van der Waals surface area contributed by atoms with Crippen molar-refractivity contribution in [3.05, 3.63) is 106 Å². The summed E-state index contributed by atoms with van der Waals surface area (Å²) < 4.78 is 8.65. The summed E-state index contributed by atoms with van der Waals surface area (Å²) in [6.45, 7) is 2.36. The number of ether oxygens (including phenoxy) is 1. The minimum atomic E-state index is -0.150. The third-order valence-corrected chi connectivity index (χ3v) is 6.41. The number of nitrogens with zero attached hydrogens (tertiary/aromatic N) is 6. The van der Waals surface area contributed by atoms with Crippen LogP contribution in [-0.2, 0) is 13.0 Å². The molecular formula is C29H24N6O2. The van der Waals surface area contributed by atoms with Crippen molar-refractivity contribution in [3.8, 4) is 5.75 Å². The lowest BCUT2D eigenvalue weighted by atomic mass is 10.1. The third kappa shape index (κ3) is 4.12. The second kappa shape index (κ2) is 9.31. The van der Waals surface area contributed by atoms with Crippen molar-refractivity contribution in [2.75, 3.05) is 7.11 Å². The highest BCUT2D eigenvalue weighted by Crippen LogP contribution is 2.25. The van der Waals surface area contributed by atoms with Gasteiger partial charge in [0.15, 0.2) is 11.3 Å². The Labute approximate surface area is 212 Å². The Morgan fingerprint density at radius 3 is 2.43 bits per heavy atom. The number of aromatic nitrogens is 5. The van der Waals surface area contributed by atoms with Crippen LogP contribution in [0.4, 0.5) is 0 Å². The van der Waals surface area contributed by atoms with Crippen LogP contribution in [0.3, 0.4) is 0 Å². The van der Waals surface area contributed by atoms with E-state index in [0.717, 1.165) is 28.8 Å². The van der Waals surface area contributed by atoms with Gasteiger partial charge >= 0.3 is 0 Å². The van der Waals surface area contributed by atoms with Crippen LogP contribution in [-0.4, -0.2) is 37.5 Å². The average Bonchev–Trinajstić information content (AvgIpc) is 3.23. The molecule has 3 heterocycles. The van der Waals surface area contributed by atoms with Crippen molar-refractivity contribution in [1.82, 2.24) is 24.2 Å². The molecule has 0 N–H and O–H groups in total. The lowest BCUT2D eigenvalue weighted by Crippen LogP contribution is -2.25. The molecule has 0 amide bonds. The van der Waals surface area contributed by atoms with Gasteiger partial charge in [0.1, 0.15) is 22.5 Å². The molecule has 0 saturated carbocycles. The van der Waals surface area contributed by atoms with Gasteiger partial charge < -0.3 is 4.74 Å². The fourth-order valence-corrected chi connectivity index (χ4v) is 4.52. The number of methoxy groups -OCH3 is 1. The molecule has 0 bridgehead atoms. The Morgan fingerprint density at radius 1 is 0.892 bits per heavy atom. The van der Waals surface area contributed by atoms with Crippen LogP contribution in [0.5, 0.6) is 5.75 Å². The van der Waals surface area contributed by atoms with E-state index < -0.39 is 0 Å². The zero-order valence-corrected chi connectivity index (χ0v) is 20.5. The molecule has 3 aromatic heterocycles. The molecule has 6 rings (SSSR count). The van der Waals surface area contributed by atoms with Crippen LogP contribution in [0.25, 0.3) is 33.2 Å². The van der Waals surface area contributed by atoms with E-state index in [1.165, 1.54) is 0 Å². The van der Waals surface area contributed by atoms with E-state index in [-0.39, 0.29) is 5.56 Å². The number of fused-ring (bicyclic) bond motifs is 4. The minimum Gasteiger partial charge on any atom is -0.497 e. The van der Waals surface area contributed by atoms with E-state index in [1.54, 1.807) is 22.6 Å². The van der Waals surface area contributed by atoms with Crippen molar-refractivity contribution >= 4 is 39.4 Å². The van der Waals surface area contributed by atoms with Gasteiger partial charge in [-0.2, -0.15) is 9.78 Å². The predicted molar refractivity (Wildman–Crippen MR) is 145 cm³/mol. The maximum atomic E-state index is 13.9. The molecule has 8 heteroatoms. The van der Waals surface area contributed by atoms with E-state index in [2.05, 4.69) is 12.1 Å². The van der Waals surface area contributed by atoms with Gasteiger partial charge in [-0.15, -0.1) is 0 Å². The monoisotopic (exact) mass is 488 g/mol. The van der Waals surface area contributed by atoms with Crippen LogP contribution < -0.4 is 10.3 Å². The summed E-state index contributed by atoms with van der Waals surface area (Å²) in [5.74, 6) is 1.34. The average molecular weight is 489 g/mol. The van der Waals surface area contributed by atoms with Crippen molar-refractivity contribution in [2.45, 2.75) is 19.9 Å². The molecule has 0 fully saturated rings. The summed E-state index contributed by atoms with van der Waals surface area (Å²) in [7, 11) is 1.62. The van der Waals surface area contributed by atoms with Crippen LogP contribution in [0, 0.1) is 6.92 Å². The fraction of sp³-hybridized carbons (Fsp3) is 0.138. The fourth-order valence-electron chi connectivity index (χ4n) is 4.52. The SMILES string of the molecule is COc1cccc(/C=N/n2c3nc4ccccc4nc3c3c(=O)n(CCc4ccccc4)c(C)nc32)c1. The maximum absolute atomic E-state index is 13.9. The van der Waals surface area contributed by atoms with Gasteiger partial charge in [-0.1, -0.05) is 54.6 Å². The van der Waals surface area contributed by atoms with Crippen LogP contribution in [0.2, 0.25) is 0 Å². The van der Waals surface area contributed by atoms with Crippen molar-refractivity contribution in [2.24, 2.45) is 5.10 Å². The molecule has 0 aliphatic carbocycles. The molecule has 0 saturated heterocycles. The second-order valence-electron chi connectivity index (χ2n) is 8.77. The number of aryl methyl sites for hydroxylation is 2. The molecule has 0 spiro atoms. The Morgan fingerprint density at radius 2 is 1.65 bits per heavy atom. The van der Waals surface area contributed by atoms with Gasteiger partial charge in [-0.25, -0.2) is 15.0 Å². The molecular weight excluding hydrogens is 464 g/mol. The summed E-state index contributed by atoms with van der Waals surface area (Å²) in [6, 6.07) is 25.3. The van der Waals surface area contributed by atoms with E-state index >= 15 is 0 Å². The standard InChI is InChI=1S/C29H24N6O2/c1-19-31-27-25(29(36)34(19)16-15-20-9-4-3-5-10-20)26-28(33-24-14-7-6-13-23(24)32-26)35(27)30-18-21-11-8-12-22(17-21)37-2/h3-14,17-18H,15-16H2,1-2H3/b30-18+. The van der Waals surface area contributed by atoms with E-state index in [4.69, 9.17) is 24.8 Å². The molecule has 0 unspecified atom stereocenters. The predicted octanol–water partition coefficient (Wildman–Crippen LogP) is 4.74. The van der Waals surface area contributed by atoms with E-state index in [9.17, 15) is 4.79 Å². The Hall–Kier alpha value is -4.85. The van der Waals surface area contributed by atoms with E-state index in [0.29, 0.717) is 40.1 Å². The number of hydrogen-bond donors (Lipinski definition) is 0. The Balaban J connectivity index is 1.56. The Bertz CT molecular complexity index is 1850. The zero-order chi connectivity index (χ0) is 25.4. The molecule has 182 valence electrons. The highest BCUT2D eigenvalue weighted by Gasteiger charge is 2.21. The van der Waals surface area contributed by atoms with E-state index in [1.807, 2.05) is 73.7 Å². The smallest absolute Gasteiger partial charge is 0.265 e. The van der Waals surface area contributed by atoms with Gasteiger partial charge in [-0.3, -0.25) is 9.36 Å². The van der Waals surface area contributed by atoms with Crippen molar-refractivity contribution < 1.29 is 4.74 Å². The first-order chi connectivity index (χ1) is 18.1. The van der Waals surface area contributed by atoms with Crippen molar-refractivity contribution in [3.63, 3.8) is 0 Å². The summed E-state index contributed by atoms with van der Waals surface area (Å²) in [5.41, 5.74) is 4.69. The molecule has 37 heavy (non-hydrogen) atoms. The van der Waals surface area contributed by atoms with Crippen LogP contribution in [0.1, 0.15) is 17.0 Å². The molecule has 0 radical (unpaired) electrons. The summed E-state index contributed by atoms with van der Waals surface area (Å²) in [6.07, 6.45) is 2.42. The minimum absolute atomic E-state index is 0.150. The highest BCUT2D eigenvalue weighted by atomic mass is 16.5. The molecule has 8 nitrogen and oxygen atoms in total. The molecule has 3 aromatic carbocycles. The molecule has 0 atom stereocenters.